The van der Waals surface area contributed by atoms with Gasteiger partial charge < -0.3 is 26.8 Å². The average Bonchev–Trinajstić information content (AvgIpc) is 3.47. The molecule has 39 heavy (non-hydrogen) atoms. The first-order chi connectivity index (χ1) is 18.9. The molecule has 3 heterocycles. The second-order valence-corrected chi connectivity index (χ2v) is 9.45. The summed E-state index contributed by atoms with van der Waals surface area (Å²) >= 11 is 0. The lowest BCUT2D eigenvalue weighted by atomic mass is 9.88. The van der Waals surface area contributed by atoms with Crippen LogP contribution in [0.4, 0.5) is 21.7 Å². The second-order valence-electron chi connectivity index (χ2n) is 9.45. The number of nitrogens with two attached hydrogens (primary N) is 2. The highest BCUT2D eigenvalue weighted by Gasteiger charge is 2.33. The van der Waals surface area contributed by atoms with E-state index in [0.29, 0.717) is 23.7 Å². The van der Waals surface area contributed by atoms with E-state index in [1.54, 1.807) is 24.7 Å². The maximum absolute atomic E-state index is 15.2. The predicted octanol–water partition coefficient (Wildman–Crippen LogP) is 3.22. The number of pyridine rings is 2. The summed E-state index contributed by atoms with van der Waals surface area (Å²) in [5, 5.41) is 14.5. The molecule has 3 unspecified atom stereocenters. The highest BCUT2D eigenvalue weighted by atomic mass is 19.1. The number of ether oxygens (including phenoxy) is 1. The number of nitrogens with one attached hydrogen (secondary N) is 2. The van der Waals surface area contributed by atoms with Crippen LogP contribution in [-0.2, 0) is 11.3 Å². The Morgan fingerprint density at radius 3 is 2.67 bits per heavy atom. The normalized spacial score (nSPS) is 19.0. The van der Waals surface area contributed by atoms with E-state index in [4.69, 9.17) is 16.2 Å². The maximum atomic E-state index is 15.2. The van der Waals surface area contributed by atoms with Crippen LogP contribution in [0.2, 0.25) is 0 Å². The summed E-state index contributed by atoms with van der Waals surface area (Å²) in [6, 6.07) is 12.0. The number of nitrogens with zero attached hydrogens (tertiary/aromatic N) is 5. The zero-order valence-electron chi connectivity index (χ0n) is 21.4. The van der Waals surface area contributed by atoms with Crippen molar-refractivity contribution in [3.05, 3.63) is 83.7 Å². The number of benzene rings is 1. The van der Waals surface area contributed by atoms with Gasteiger partial charge in [-0.1, -0.05) is 30.3 Å². The third-order valence-corrected chi connectivity index (χ3v) is 6.70. The molecule has 0 radical (unpaired) electrons. The van der Waals surface area contributed by atoms with E-state index in [2.05, 4.69) is 30.8 Å². The van der Waals surface area contributed by atoms with Crippen molar-refractivity contribution < 1.29 is 13.9 Å². The lowest BCUT2D eigenvalue weighted by Gasteiger charge is -2.37. The molecule has 0 bridgehead atoms. The van der Waals surface area contributed by atoms with E-state index in [9.17, 15) is 4.79 Å². The minimum atomic E-state index is -0.831. The zero-order valence-corrected chi connectivity index (χ0v) is 21.4. The molecule has 12 heteroatoms. The zero-order chi connectivity index (χ0) is 27.4. The van der Waals surface area contributed by atoms with Crippen molar-refractivity contribution in [1.29, 1.82) is 0 Å². The third-order valence-electron chi connectivity index (χ3n) is 6.70. The van der Waals surface area contributed by atoms with Crippen LogP contribution in [0.3, 0.4) is 0 Å². The fourth-order valence-corrected chi connectivity index (χ4v) is 4.65. The van der Waals surface area contributed by atoms with Crippen molar-refractivity contribution in [3.8, 4) is 5.69 Å². The summed E-state index contributed by atoms with van der Waals surface area (Å²) in [5.41, 5.74) is 14.7. The van der Waals surface area contributed by atoms with Gasteiger partial charge in [-0.15, -0.1) is 4.80 Å². The lowest BCUT2D eigenvalue weighted by Crippen LogP contribution is -2.52. The van der Waals surface area contributed by atoms with Gasteiger partial charge in [0.1, 0.15) is 11.5 Å². The van der Waals surface area contributed by atoms with E-state index in [1.165, 1.54) is 4.80 Å². The molecule has 1 fully saturated rings. The van der Waals surface area contributed by atoms with E-state index in [-0.39, 0.29) is 29.3 Å². The summed E-state index contributed by atoms with van der Waals surface area (Å²) in [7, 11) is 0. The maximum Gasteiger partial charge on any atom is 0.252 e. The number of primary amides is 1. The largest absolute Gasteiger partial charge is 0.371 e. The summed E-state index contributed by atoms with van der Waals surface area (Å²) in [6.45, 7) is 2.23. The van der Waals surface area contributed by atoms with E-state index >= 15 is 4.39 Å². The molecule has 1 saturated carbocycles. The molecule has 1 amide bonds. The minimum Gasteiger partial charge on any atom is -0.371 e. The number of rotatable bonds is 9. The summed E-state index contributed by atoms with van der Waals surface area (Å²) < 4.78 is 21.4. The molecule has 0 aliphatic heterocycles. The molecule has 1 aliphatic rings. The molecule has 5 rings (SSSR count). The summed E-state index contributed by atoms with van der Waals surface area (Å²) in [6.07, 6.45) is 6.84. The van der Waals surface area contributed by atoms with Gasteiger partial charge >= 0.3 is 0 Å². The van der Waals surface area contributed by atoms with Gasteiger partial charge in [-0.25, -0.2) is 9.37 Å². The highest BCUT2D eigenvalue weighted by molar-refractivity contribution is 5.98. The first kappa shape index (κ1) is 26.2. The van der Waals surface area contributed by atoms with E-state index in [0.717, 1.165) is 30.9 Å². The molecule has 3 aromatic heterocycles. The molecule has 1 aromatic carbocycles. The Morgan fingerprint density at radius 1 is 1.15 bits per heavy atom. The Balaban J connectivity index is 1.41. The molecule has 11 nitrogen and oxygen atoms in total. The van der Waals surface area contributed by atoms with Crippen LogP contribution < -0.4 is 22.1 Å². The number of carbonyl (C=O) groups is 1. The number of amides is 1. The van der Waals surface area contributed by atoms with Crippen molar-refractivity contribution >= 4 is 23.2 Å². The van der Waals surface area contributed by atoms with Gasteiger partial charge in [0.15, 0.2) is 11.6 Å². The first-order valence-corrected chi connectivity index (χ1v) is 12.7. The smallest absolute Gasteiger partial charge is 0.252 e. The van der Waals surface area contributed by atoms with Crippen molar-refractivity contribution in [3.63, 3.8) is 0 Å². The number of hydrogen-bond acceptors (Lipinski definition) is 9. The van der Waals surface area contributed by atoms with E-state index in [1.807, 2.05) is 37.3 Å². The molecule has 4 aromatic rings. The van der Waals surface area contributed by atoms with Gasteiger partial charge in [0.2, 0.25) is 0 Å². The lowest BCUT2D eigenvalue weighted by molar-refractivity contribution is 0.00362. The van der Waals surface area contributed by atoms with Crippen LogP contribution in [0, 0.1) is 12.7 Å². The van der Waals surface area contributed by atoms with E-state index < -0.39 is 17.8 Å². The molecular formula is C27H30FN9O2. The average molecular weight is 532 g/mol. The predicted molar refractivity (Wildman–Crippen MR) is 144 cm³/mol. The van der Waals surface area contributed by atoms with Crippen LogP contribution in [0.25, 0.3) is 5.69 Å². The van der Waals surface area contributed by atoms with Crippen LogP contribution in [0.5, 0.6) is 0 Å². The van der Waals surface area contributed by atoms with Gasteiger partial charge in [-0.3, -0.25) is 9.78 Å². The van der Waals surface area contributed by atoms with Gasteiger partial charge in [0.05, 0.1) is 54.3 Å². The molecule has 6 N–H and O–H groups in total. The quantitative estimate of drug-likeness (QED) is 0.254. The third kappa shape index (κ3) is 6.02. The number of hydrogen-bond donors (Lipinski definition) is 4. The van der Waals surface area contributed by atoms with Gasteiger partial charge in [-0.2, -0.15) is 10.2 Å². The molecule has 202 valence electrons. The Labute approximate surface area is 224 Å². The second kappa shape index (κ2) is 11.5. The number of halogens is 1. The molecule has 0 spiro atoms. The molecule has 0 saturated heterocycles. The Bertz CT molecular complexity index is 1430. The molecule has 1 aliphatic carbocycles. The molecular weight excluding hydrogens is 501 g/mol. The number of carbonyl (C=O) groups excluding carboxylic acids is 1. The number of aromatic nitrogens is 5. The SMILES string of the molecule is Cc1ncc(Nc2nc(NC3C(N)CCCC3OCc3ccccc3)c(F)cc2C(N)=O)cc1-n1nccn1. The van der Waals surface area contributed by atoms with Gasteiger partial charge in [0.25, 0.3) is 5.91 Å². The fourth-order valence-electron chi connectivity index (χ4n) is 4.65. The topological polar surface area (TPSA) is 159 Å². The van der Waals surface area contributed by atoms with Crippen LogP contribution in [0.15, 0.2) is 61.1 Å². The first-order valence-electron chi connectivity index (χ1n) is 12.7. The minimum absolute atomic E-state index is 0.0628. The fraction of sp³-hybridized carbons (Fsp3) is 0.296. The van der Waals surface area contributed by atoms with Crippen LogP contribution in [-0.4, -0.2) is 49.1 Å². The molecule has 3 atom stereocenters. The van der Waals surface area contributed by atoms with Gasteiger partial charge in [-0.05, 0) is 43.9 Å². The van der Waals surface area contributed by atoms with Gasteiger partial charge in [0, 0.05) is 6.04 Å². The van der Waals surface area contributed by atoms with Crippen molar-refractivity contribution in [2.75, 3.05) is 10.6 Å². The van der Waals surface area contributed by atoms with Crippen LogP contribution >= 0.6 is 0 Å². The number of aryl methyl sites for hydroxylation is 1. The van der Waals surface area contributed by atoms with Crippen molar-refractivity contribution in [1.82, 2.24) is 25.0 Å². The van der Waals surface area contributed by atoms with Crippen molar-refractivity contribution in [2.24, 2.45) is 11.5 Å². The Hall–Kier alpha value is -4.42. The Morgan fingerprint density at radius 2 is 1.92 bits per heavy atom. The number of anilines is 3. The van der Waals surface area contributed by atoms with Crippen molar-refractivity contribution in [2.45, 2.75) is 51.0 Å². The summed E-state index contributed by atoms with van der Waals surface area (Å²) in [4.78, 5) is 22.4. The summed E-state index contributed by atoms with van der Waals surface area (Å²) in [5.74, 6) is -1.55. The standard InChI is InChI=1S/C27H30FN9O2/c1-16-22(37-32-10-11-33-37)12-18(14-31-16)34-26-19(25(30)38)13-20(28)27(36-26)35-24-21(29)8-5-9-23(24)39-15-17-6-3-2-4-7-17/h2-4,6-7,10-14,21,23-24H,5,8-9,15,29H2,1H3,(H2,30,38)(H2,34,35,36). The monoisotopic (exact) mass is 531 g/mol. The Kier molecular flexibility index (Phi) is 7.75. The highest BCUT2D eigenvalue weighted by Crippen LogP contribution is 2.29. The van der Waals surface area contributed by atoms with Crippen LogP contribution in [0.1, 0.15) is 40.9 Å².